The van der Waals surface area contributed by atoms with Crippen molar-refractivity contribution in [2.75, 3.05) is 20.2 Å². The Morgan fingerprint density at radius 1 is 1.41 bits per heavy atom. The van der Waals surface area contributed by atoms with E-state index >= 15 is 0 Å². The first kappa shape index (κ1) is 19.3. The largest absolute Gasteiger partial charge is 0.465 e. The Morgan fingerprint density at radius 3 is 2.90 bits per heavy atom. The Bertz CT molecular complexity index is 1050. The molecule has 10 heteroatoms. The Morgan fingerprint density at radius 2 is 2.21 bits per heavy atom. The molecule has 9 nitrogen and oxygen atoms in total. The molecular formula is C19H22FN5O4. The van der Waals surface area contributed by atoms with Crippen LogP contribution in [0.15, 0.2) is 22.7 Å². The summed E-state index contributed by atoms with van der Waals surface area (Å²) in [4.78, 5) is 17.0. The molecule has 3 aromatic rings. The third kappa shape index (κ3) is 3.33. The van der Waals surface area contributed by atoms with Gasteiger partial charge in [0.05, 0.1) is 24.3 Å². The van der Waals surface area contributed by atoms with E-state index < -0.39 is 18.0 Å². The summed E-state index contributed by atoms with van der Waals surface area (Å²) in [6, 6.07) is 4.84. The number of carbonyl (C=O) groups is 1. The topological polar surface area (TPSA) is 107 Å². The van der Waals surface area contributed by atoms with Crippen molar-refractivity contribution in [1.29, 1.82) is 0 Å². The van der Waals surface area contributed by atoms with Crippen LogP contribution >= 0.6 is 0 Å². The fraction of sp³-hybridized carbons (Fsp3) is 0.474. The molecule has 3 heterocycles. The van der Waals surface area contributed by atoms with Crippen LogP contribution in [-0.2, 0) is 4.74 Å². The van der Waals surface area contributed by atoms with Crippen molar-refractivity contribution in [2.45, 2.75) is 38.2 Å². The average molecular weight is 403 g/mol. The van der Waals surface area contributed by atoms with Gasteiger partial charge in [-0.1, -0.05) is 26.0 Å². The fourth-order valence-corrected chi connectivity index (χ4v) is 3.80. The highest BCUT2D eigenvalue weighted by Gasteiger charge is 2.36. The lowest BCUT2D eigenvalue weighted by atomic mass is 9.94. The van der Waals surface area contributed by atoms with E-state index in [9.17, 15) is 14.3 Å². The zero-order valence-electron chi connectivity index (χ0n) is 16.4. The summed E-state index contributed by atoms with van der Waals surface area (Å²) in [7, 11) is 1.52. The number of para-hydroxylation sites is 1. The van der Waals surface area contributed by atoms with E-state index in [4.69, 9.17) is 9.26 Å². The predicted molar refractivity (Wildman–Crippen MR) is 101 cm³/mol. The minimum absolute atomic E-state index is 0.0881. The molecule has 1 aliphatic rings. The summed E-state index contributed by atoms with van der Waals surface area (Å²) in [5.74, 6) is -0.128. The van der Waals surface area contributed by atoms with Crippen LogP contribution in [0.4, 0.5) is 9.18 Å². The van der Waals surface area contributed by atoms with E-state index in [1.54, 1.807) is 6.07 Å². The number of piperidine rings is 1. The number of benzene rings is 1. The highest BCUT2D eigenvalue weighted by Crippen LogP contribution is 2.31. The van der Waals surface area contributed by atoms with Gasteiger partial charge in [-0.25, -0.2) is 9.18 Å². The number of carboxylic acid groups (broad SMARTS) is 1. The molecule has 4 rings (SSSR count). The Hall–Kier alpha value is -3.01. The summed E-state index contributed by atoms with van der Waals surface area (Å²) >= 11 is 0. The van der Waals surface area contributed by atoms with Crippen molar-refractivity contribution in [1.82, 2.24) is 24.8 Å². The molecule has 0 saturated carbocycles. The van der Waals surface area contributed by atoms with Gasteiger partial charge in [-0.3, -0.25) is 0 Å². The van der Waals surface area contributed by atoms with Gasteiger partial charge in [-0.15, -0.1) is 0 Å². The maximum Gasteiger partial charge on any atom is 0.407 e. The monoisotopic (exact) mass is 403 g/mol. The number of likely N-dealkylation sites (tertiary alicyclic amines) is 1. The first-order valence-electron chi connectivity index (χ1n) is 9.42. The zero-order valence-corrected chi connectivity index (χ0v) is 16.4. The van der Waals surface area contributed by atoms with Crippen molar-refractivity contribution < 1.29 is 23.6 Å². The molecule has 0 spiro atoms. The standard InChI is InChI=1S/C19H22FN5O4/c1-10(2)15-12-5-4-6-13(20)16(12)25(22-15)18-21-17(29-23-18)11-7-8-24(19(26)27)9-14(11)28-3/h4-6,10-11,14H,7-9H2,1-3H3,(H,26,27)/t11-,14+/m0/s1. The molecule has 1 aliphatic heterocycles. The third-order valence-corrected chi connectivity index (χ3v) is 5.30. The van der Waals surface area contributed by atoms with Crippen LogP contribution in [0.1, 0.15) is 43.7 Å². The zero-order chi connectivity index (χ0) is 20.7. The maximum absolute atomic E-state index is 14.6. The van der Waals surface area contributed by atoms with Gasteiger partial charge in [0, 0.05) is 19.0 Å². The van der Waals surface area contributed by atoms with Crippen molar-refractivity contribution >= 4 is 17.0 Å². The molecule has 0 bridgehead atoms. The van der Waals surface area contributed by atoms with Gasteiger partial charge in [0.1, 0.15) is 11.3 Å². The predicted octanol–water partition coefficient (Wildman–Crippen LogP) is 3.15. The molecule has 0 radical (unpaired) electrons. The van der Waals surface area contributed by atoms with E-state index in [-0.39, 0.29) is 24.3 Å². The molecule has 2 atom stereocenters. The van der Waals surface area contributed by atoms with E-state index in [0.717, 1.165) is 5.69 Å². The number of hydrogen-bond donors (Lipinski definition) is 1. The first-order valence-corrected chi connectivity index (χ1v) is 9.42. The molecule has 1 aromatic carbocycles. The van der Waals surface area contributed by atoms with E-state index in [1.807, 2.05) is 19.9 Å². The molecule has 1 amide bonds. The molecule has 29 heavy (non-hydrogen) atoms. The number of nitrogens with zero attached hydrogens (tertiary/aromatic N) is 5. The second-order valence-electron chi connectivity index (χ2n) is 7.42. The van der Waals surface area contributed by atoms with Crippen molar-refractivity contribution in [2.24, 2.45) is 0 Å². The lowest BCUT2D eigenvalue weighted by Crippen LogP contribution is -2.46. The summed E-state index contributed by atoms with van der Waals surface area (Å²) < 4.78 is 26.9. The van der Waals surface area contributed by atoms with Crippen LogP contribution in [0.3, 0.4) is 0 Å². The minimum Gasteiger partial charge on any atom is -0.465 e. The Balaban J connectivity index is 1.71. The quantitative estimate of drug-likeness (QED) is 0.713. The van der Waals surface area contributed by atoms with Crippen LogP contribution in [0.5, 0.6) is 0 Å². The van der Waals surface area contributed by atoms with Gasteiger partial charge in [0.15, 0.2) is 0 Å². The maximum atomic E-state index is 14.6. The van der Waals surface area contributed by atoms with Gasteiger partial charge in [-0.05, 0) is 23.6 Å². The second-order valence-corrected chi connectivity index (χ2v) is 7.42. The van der Waals surface area contributed by atoms with Gasteiger partial charge < -0.3 is 19.3 Å². The van der Waals surface area contributed by atoms with Gasteiger partial charge >= 0.3 is 6.09 Å². The minimum atomic E-state index is -0.989. The van der Waals surface area contributed by atoms with Crippen molar-refractivity contribution in [3.05, 3.63) is 35.6 Å². The smallest absolute Gasteiger partial charge is 0.407 e. The number of hydrogen-bond acceptors (Lipinski definition) is 6. The third-order valence-electron chi connectivity index (χ3n) is 5.30. The molecule has 0 unspecified atom stereocenters. The summed E-state index contributed by atoms with van der Waals surface area (Å²) in [5.41, 5.74) is 1.04. The van der Waals surface area contributed by atoms with Gasteiger partial charge in [0.2, 0.25) is 5.89 Å². The van der Waals surface area contributed by atoms with Gasteiger partial charge in [0.25, 0.3) is 5.95 Å². The number of aromatic nitrogens is 4. The number of fused-ring (bicyclic) bond motifs is 1. The second kappa shape index (κ2) is 7.43. The summed E-state index contributed by atoms with van der Waals surface area (Å²) in [6.45, 7) is 4.52. The van der Waals surface area contributed by atoms with Crippen LogP contribution in [-0.4, -0.2) is 62.3 Å². The normalized spacial score (nSPS) is 20.0. The molecule has 1 N–H and O–H groups in total. The Labute approximate surface area is 166 Å². The lowest BCUT2D eigenvalue weighted by molar-refractivity contribution is 0.00993. The number of amides is 1. The highest BCUT2D eigenvalue weighted by molar-refractivity contribution is 5.84. The average Bonchev–Trinajstić information content (AvgIpc) is 3.33. The molecule has 0 aliphatic carbocycles. The van der Waals surface area contributed by atoms with Crippen LogP contribution in [0.25, 0.3) is 16.9 Å². The van der Waals surface area contributed by atoms with E-state index in [2.05, 4.69) is 15.2 Å². The van der Waals surface area contributed by atoms with Crippen LogP contribution in [0.2, 0.25) is 0 Å². The number of ether oxygens (including phenoxy) is 1. The molecule has 2 aromatic heterocycles. The number of halogens is 1. The highest BCUT2D eigenvalue weighted by atomic mass is 19.1. The SMILES string of the molecule is CO[C@@H]1CN(C(=O)O)CC[C@@H]1c1nc(-n2nc(C(C)C)c3cccc(F)c32)no1. The number of rotatable bonds is 4. The van der Waals surface area contributed by atoms with E-state index in [1.165, 1.54) is 22.8 Å². The first-order chi connectivity index (χ1) is 13.9. The van der Waals surface area contributed by atoms with E-state index in [0.29, 0.717) is 29.8 Å². The van der Waals surface area contributed by atoms with Crippen LogP contribution in [0, 0.1) is 5.82 Å². The lowest BCUT2D eigenvalue weighted by Gasteiger charge is -2.34. The Kier molecular flexibility index (Phi) is 4.95. The van der Waals surface area contributed by atoms with Crippen LogP contribution < -0.4 is 0 Å². The molecular weight excluding hydrogens is 381 g/mol. The fourth-order valence-electron chi connectivity index (χ4n) is 3.80. The van der Waals surface area contributed by atoms with Crippen molar-refractivity contribution in [3.8, 4) is 5.95 Å². The molecule has 1 saturated heterocycles. The van der Waals surface area contributed by atoms with Gasteiger partial charge in [-0.2, -0.15) is 14.8 Å². The summed E-state index contributed by atoms with van der Waals surface area (Å²) in [5, 5.41) is 18.4. The summed E-state index contributed by atoms with van der Waals surface area (Å²) in [6.07, 6.45) is -0.917. The molecule has 1 fully saturated rings. The molecule has 154 valence electrons. The number of methoxy groups -OCH3 is 1. The van der Waals surface area contributed by atoms with Crippen molar-refractivity contribution in [3.63, 3.8) is 0 Å².